The van der Waals surface area contributed by atoms with Crippen LogP contribution in [0.25, 0.3) is 0 Å². The Morgan fingerprint density at radius 1 is 1.59 bits per heavy atom. The molecule has 4 N–H and O–H groups in total. The van der Waals surface area contributed by atoms with E-state index >= 15 is 0 Å². The second-order valence-electron chi connectivity index (χ2n) is 3.88. The Balaban J connectivity index is 1.84. The molecule has 0 bridgehead atoms. The minimum absolute atomic E-state index is 0.158. The summed E-state index contributed by atoms with van der Waals surface area (Å²) >= 11 is 0. The first-order valence-corrected chi connectivity index (χ1v) is 5.64. The minimum Gasteiger partial charge on any atom is -0.378 e. The summed E-state index contributed by atoms with van der Waals surface area (Å²) in [5.74, 6) is 5.01. The molecule has 2 rings (SSSR count). The highest BCUT2D eigenvalue weighted by molar-refractivity contribution is 5.40. The quantitative estimate of drug-likeness (QED) is 0.524. The molecule has 1 aliphatic heterocycles. The maximum atomic E-state index is 13.3. The van der Waals surface area contributed by atoms with Crippen molar-refractivity contribution in [2.24, 2.45) is 5.84 Å². The lowest BCUT2D eigenvalue weighted by Gasteiger charge is -2.11. The van der Waals surface area contributed by atoms with Gasteiger partial charge in [-0.05, 0) is 19.3 Å². The number of nitrogen functional groups attached to an aromatic ring is 1. The van der Waals surface area contributed by atoms with Gasteiger partial charge in [0.05, 0.1) is 12.3 Å². The molecule has 0 aromatic carbocycles. The van der Waals surface area contributed by atoms with Crippen molar-refractivity contribution in [3.8, 4) is 0 Å². The monoisotopic (exact) mass is 241 g/mol. The van der Waals surface area contributed by atoms with Crippen LogP contribution in [-0.4, -0.2) is 29.2 Å². The molecule has 1 saturated heterocycles. The third-order valence-electron chi connectivity index (χ3n) is 2.66. The molecule has 0 amide bonds. The van der Waals surface area contributed by atoms with Crippen LogP contribution in [0.3, 0.4) is 0 Å². The highest BCUT2D eigenvalue weighted by Gasteiger charge is 2.15. The first-order chi connectivity index (χ1) is 8.29. The average molecular weight is 241 g/mol. The molecule has 17 heavy (non-hydrogen) atoms. The molecule has 1 fully saturated rings. The molecule has 7 heteroatoms. The van der Waals surface area contributed by atoms with Gasteiger partial charge in [0.15, 0.2) is 11.6 Å². The number of halogens is 1. The van der Waals surface area contributed by atoms with Gasteiger partial charge in [-0.2, -0.15) is 4.98 Å². The third-order valence-corrected chi connectivity index (χ3v) is 2.66. The Morgan fingerprint density at radius 2 is 2.47 bits per heavy atom. The molecule has 94 valence electrons. The number of hydrazine groups is 1. The Morgan fingerprint density at radius 3 is 3.18 bits per heavy atom. The topological polar surface area (TPSA) is 85.1 Å². The van der Waals surface area contributed by atoms with Crippen molar-refractivity contribution < 1.29 is 9.13 Å². The zero-order chi connectivity index (χ0) is 12.1. The van der Waals surface area contributed by atoms with Crippen molar-refractivity contribution in [2.75, 3.05) is 23.9 Å². The van der Waals surface area contributed by atoms with E-state index in [1.807, 2.05) is 0 Å². The van der Waals surface area contributed by atoms with Gasteiger partial charge in [0.2, 0.25) is 5.95 Å². The van der Waals surface area contributed by atoms with Crippen LogP contribution >= 0.6 is 0 Å². The minimum atomic E-state index is -0.489. The predicted molar refractivity (Wildman–Crippen MR) is 61.9 cm³/mol. The number of ether oxygens (including phenoxy) is 1. The van der Waals surface area contributed by atoms with Gasteiger partial charge in [-0.3, -0.25) is 5.43 Å². The van der Waals surface area contributed by atoms with Crippen molar-refractivity contribution in [3.05, 3.63) is 12.0 Å². The van der Waals surface area contributed by atoms with Gasteiger partial charge in [-0.25, -0.2) is 15.2 Å². The summed E-state index contributed by atoms with van der Waals surface area (Å²) in [6, 6.07) is 0. The summed E-state index contributed by atoms with van der Waals surface area (Å²) in [6.07, 6.45) is 4.38. The molecular formula is C10H16FN5O. The Kier molecular flexibility index (Phi) is 4.05. The van der Waals surface area contributed by atoms with Crippen LogP contribution in [0.15, 0.2) is 6.20 Å². The smallest absolute Gasteiger partial charge is 0.239 e. The van der Waals surface area contributed by atoms with Crippen LogP contribution in [0, 0.1) is 5.82 Å². The molecule has 0 radical (unpaired) electrons. The van der Waals surface area contributed by atoms with Crippen LogP contribution in [0.4, 0.5) is 16.2 Å². The lowest BCUT2D eigenvalue weighted by molar-refractivity contribution is 0.107. The highest BCUT2D eigenvalue weighted by atomic mass is 19.1. The van der Waals surface area contributed by atoms with Crippen molar-refractivity contribution in [1.29, 1.82) is 0 Å². The average Bonchev–Trinajstić information content (AvgIpc) is 2.84. The first-order valence-electron chi connectivity index (χ1n) is 5.64. The maximum Gasteiger partial charge on any atom is 0.239 e. The van der Waals surface area contributed by atoms with E-state index in [1.165, 1.54) is 0 Å². The zero-order valence-corrected chi connectivity index (χ0v) is 9.45. The maximum absolute atomic E-state index is 13.3. The number of nitrogens with two attached hydrogens (primary N) is 1. The highest BCUT2D eigenvalue weighted by Crippen LogP contribution is 2.16. The molecule has 1 unspecified atom stereocenters. The van der Waals surface area contributed by atoms with Crippen LogP contribution in [0.5, 0.6) is 0 Å². The van der Waals surface area contributed by atoms with Gasteiger partial charge in [0.1, 0.15) is 0 Å². The van der Waals surface area contributed by atoms with E-state index in [1.54, 1.807) is 0 Å². The number of nitrogens with zero attached hydrogens (tertiary/aromatic N) is 2. The van der Waals surface area contributed by atoms with E-state index in [0.717, 1.165) is 32.1 Å². The standard InChI is InChI=1S/C10H16FN5O/c11-8-6-14-10(16-12)15-9(8)13-4-3-7-2-1-5-17-7/h6-7H,1-5,12H2,(H2,13,14,15,16). The van der Waals surface area contributed by atoms with E-state index in [4.69, 9.17) is 10.6 Å². The van der Waals surface area contributed by atoms with Crippen LogP contribution in [-0.2, 0) is 4.74 Å². The summed E-state index contributed by atoms with van der Waals surface area (Å²) in [5, 5.41) is 2.91. The van der Waals surface area contributed by atoms with Gasteiger partial charge in [0, 0.05) is 13.2 Å². The summed E-state index contributed by atoms with van der Waals surface area (Å²) in [4.78, 5) is 7.54. The van der Waals surface area contributed by atoms with Gasteiger partial charge >= 0.3 is 0 Å². The second kappa shape index (κ2) is 5.74. The number of hydrogen-bond acceptors (Lipinski definition) is 6. The Bertz CT molecular complexity index is 370. The van der Waals surface area contributed by atoms with Crippen LogP contribution < -0.4 is 16.6 Å². The van der Waals surface area contributed by atoms with E-state index < -0.39 is 5.82 Å². The first kappa shape index (κ1) is 12.0. The molecule has 0 aliphatic carbocycles. The fourth-order valence-electron chi connectivity index (χ4n) is 1.78. The number of anilines is 2. The number of hydrogen-bond donors (Lipinski definition) is 3. The van der Waals surface area contributed by atoms with E-state index in [0.29, 0.717) is 6.54 Å². The molecule has 6 nitrogen and oxygen atoms in total. The summed E-state index contributed by atoms with van der Waals surface area (Å²) in [5.41, 5.74) is 2.27. The summed E-state index contributed by atoms with van der Waals surface area (Å²) < 4.78 is 18.8. The largest absolute Gasteiger partial charge is 0.378 e. The van der Waals surface area contributed by atoms with Crippen LogP contribution in [0.1, 0.15) is 19.3 Å². The molecule has 1 aromatic heterocycles. The van der Waals surface area contributed by atoms with Crippen LogP contribution in [0.2, 0.25) is 0 Å². The van der Waals surface area contributed by atoms with Gasteiger partial charge in [-0.1, -0.05) is 0 Å². The summed E-state index contributed by atoms with van der Waals surface area (Å²) in [7, 11) is 0. The van der Waals surface area contributed by atoms with Crippen molar-refractivity contribution in [2.45, 2.75) is 25.4 Å². The SMILES string of the molecule is NNc1ncc(F)c(NCCC2CCCO2)n1. The molecular weight excluding hydrogens is 225 g/mol. The normalized spacial score (nSPS) is 19.3. The fourth-order valence-corrected chi connectivity index (χ4v) is 1.78. The molecule has 1 aromatic rings. The number of aromatic nitrogens is 2. The Labute approximate surface area is 98.7 Å². The van der Waals surface area contributed by atoms with Crippen molar-refractivity contribution in [1.82, 2.24) is 9.97 Å². The molecule has 2 heterocycles. The second-order valence-corrected chi connectivity index (χ2v) is 3.88. The molecule has 1 atom stereocenters. The van der Waals surface area contributed by atoms with Crippen molar-refractivity contribution in [3.63, 3.8) is 0 Å². The van der Waals surface area contributed by atoms with Gasteiger partial charge < -0.3 is 10.1 Å². The van der Waals surface area contributed by atoms with Gasteiger partial charge in [0.25, 0.3) is 0 Å². The summed E-state index contributed by atoms with van der Waals surface area (Å²) in [6.45, 7) is 1.44. The van der Waals surface area contributed by atoms with E-state index in [2.05, 4.69) is 20.7 Å². The fraction of sp³-hybridized carbons (Fsp3) is 0.600. The Hall–Kier alpha value is -1.47. The third kappa shape index (κ3) is 3.24. The van der Waals surface area contributed by atoms with E-state index in [-0.39, 0.29) is 17.9 Å². The number of nitrogens with one attached hydrogen (secondary N) is 2. The van der Waals surface area contributed by atoms with E-state index in [9.17, 15) is 4.39 Å². The van der Waals surface area contributed by atoms with Crippen molar-refractivity contribution >= 4 is 11.8 Å². The molecule has 0 spiro atoms. The lowest BCUT2D eigenvalue weighted by Crippen LogP contribution is -2.16. The van der Waals surface area contributed by atoms with Gasteiger partial charge in [-0.15, -0.1) is 0 Å². The molecule has 1 aliphatic rings. The zero-order valence-electron chi connectivity index (χ0n) is 9.45. The lowest BCUT2D eigenvalue weighted by atomic mass is 10.2. The number of rotatable bonds is 5. The molecule has 0 saturated carbocycles. The predicted octanol–water partition coefficient (Wildman–Crippen LogP) is 0.882.